The van der Waals surface area contributed by atoms with E-state index in [-0.39, 0.29) is 4.90 Å². The molecule has 1 heterocycles. The molecule has 3 rings (SSSR count). The Hall–Kier alpha value is -2.40. The lowest BCUT2D eigenvalue weighted by molar-refractivity contribution is 0.602. The second kappa shape index (κ2) is 5.42. The number of aryl methyl sites for hydroxylation is 2. The Bertz CT molecular complexity index is 924. The van der Waals surface area contributed by atoms with Crippen LogP contribution in [0.5, 0.6) is 0 Å². The molecule has 0 spiro atoms. The van der Waals surface area contributed by atoms with Gasteiger partial charge in [-0.3, -0.25) is 9.71 Å². The summed E-state index contributed by atoms with van der Waals surface area (Å²) in [5, 5.41) is 0.798. The van der Waals surface area contributed by atoms with E-state index in [1.165, 1.54) is 0 Å². The quantitative estimate of drug-likeness (QED) is 0.803. The van der Waals surface area contributed by atoms with E-state index in [0.29, 0.717) is 11.2 Å². The minimum absolute atomic E-state index is 0.188. The number of nitrogens with one attached hydrogen (secondary N) is 1. The molecular formula is C17H16N2O2S. The first-order valence-electron chi connectivity index (χ1n) is 6.92. The largest absolute Gasteiger partial charge is 0.279 e. The number of para-hydroxylation sites is 2. The first-order valence-corrected chi connectivity index (χ1v) is 8.40. The van der Waals surface area contributed by atoms with E-state index in [1.54, 1.807) is 24.4 Å². The number of nitrogens with zero attached hydrogens (tertiary/aromatic N) is 1. The fourth-order valence-corrected chi connectivity index (χ4v) is 3.84. The molecule has 1 N–H and O–H groups in total. The maximum absolute atomic E-state index is 12.8. The van der Waals surface area contributed by atoms with E-state index in [2.05, 4.69) is 9.71 Å². The Balaban J connectivity index is 2.14. The van der Waals surface area contributed by atoms with Crippen LogP contribution < -0.4 is 4.72 Å². The summed E-state index contributed by atoms with van der Waals surface area (Å²) in [4.78, 5) is 4.40. The smallest absolute Gasteiger partial charge is 0.264 e. The van der Waals surface area contributed by atoms with Crippen LogP contribution in [0.4, 0.5) is 5.69 Å². The zero-order valence-corrected chi connectivity index (χ0v) is 13.2. The standard InChI is InChI=1S/C17H16N2O2S/c1-12-6-3-7-13(2)16(12)19-22(20,21)15-10-4-8-14-9-5-11-18-17(14)15/h3-11,19H,1-2H3. The average molecular weight is 312 g/mol. The Kier molecular flexibility index (Phi) is 3.58. The van der Waals surface area contributed by atoms with Crippen LogP contribution in [0.1, 0.15) is 11.1 Å². The normalized spacial score (nSPS) is 11.5. The first kappa shape index (κ1) is 14.5. The van der Waals surface area contributed by atoms with Crippen molar-refractivity contribution in [3.63, 3.8) is 0 Å². The van der Waals surface area contributed by atoms with Gasteiger partial charge in [0, 0.05) is 11.6 Å². The van der Waals surface area contributed by atoms with Crippen LogP contribution in [0, 0.1) is 13.8 Å². The lowest BCUT2D eigenvalue weighted by Gasteiger charge is -2.14. The van der Waals surface area contributed by atoms with Gasteiger partial charge in [0.1, 0.15) is 4.90 Å². The summed E-state index contributed by atoms with van der Waals surface area (Å²) in [5.41, 5.74) is 2.87. The number of pyridine rings is 1. The molecule has 0 aliphatic carbocycles. The van der Waals surface area contributed by atoms with Gasteiger partial charge in [-0.05, 0) is 37.1 Å². The topological polar surface area (TPSA) is 59.1 Å². The maximum atomic E-state index is 12.8. The number of sulfonamides is 1. The zero-order valence-electron chi connectivity index (χ0n) is 12.4. The van der Waals surface area contributed by atoms with Crippen LogP contribution in [0.25, 0.3) is 10.9 Å². The number of aromatic nitrogens is 1. The highest BCUT2D eigenvalue weighted by Crippen LogP contribution is 2.26. The van der Waals surface area contributed by atoms with E-state index in [1.807, 2.05) is 44.2 Å². The lowest BCUT2D eigenvalue weighted by atomic mass is 10.1. The van der Waals surface area contributed by atoms with Gasteiger partial charge in [0.2, 0.25) is 0 Å². The van der Waals surface area contributed by atoms with Crippen LogP contribution in [0.2, 0.25) is 0 Å². The second-order valence-corrected chi connectivity index (χ2v) is 6.85. The Morgan fingerprint density at radius 1 is 0.909 bits per heavy atom. The van der Waals surface area contributed by atoms with Crippen molar-refractivity contribution < 1.29 is 8.42 Å². The summed E-state index contributed by atoms with van der Waals surface area (Å²) in [6.07, 6.45) is 1.60. The summed E-state index contributed by atoms with van der Waals surface area (Å²) in [6, 6.07) is 14.5. The van der Waals surface area contributed by atoms with Crippen LogP contribution >= 0.6 is 0 Å². The molecule has 0 saturated carbocycles. The third kappa shape index (κ3) is 2.55. The van der Waals surface area contributed by atoms with Gasteiger partial charge in [-0.2, -0.15) is 0 Å². The molecule has 0 atom stereocenters. The number of anilines is 1. The van der Waals surface area contributed by atoms with E-state index in [4.69, 9.17) is 0 Å². The van der Waals surface area contributed by atoms with E-state index < -0.39 is 10.0 Å². The van der Waals surface area contributed by atoms with Crippen molar-refractivity contribution in [1.29, 1.82) is 0 Å². The zero-order chi connectivity index (χ0) is 15.7. The lowest BCUT2D eigenvalue weighted by Crippen LogP contribution is -2.15. The molecule has 0 fully saturated rings. The molecule has 0 radical (unpaired) electrons. The molecule has 112 valence electrons. The highest BCUT2D eigenvalue weighted by atomic mass is 32.2. The molecule has 4 nitrogen and oxygen atoms in total. The van der Waals surface area contributed by atoms with Crippen molar-refractivity contribution in [3.8, 4) is 0 Å². The minimum Gasteiger partial charge on any atom is -0.279 e. The summed E-state index contributed by atoms with van der Waals surface area (Å²) in [5.74, 6) is 0. The van der Waals surface area contributed by atoms with E-state index >= 15 is 0 Å². The molecule has 0 saturated heterocycles. The Morgan fingerprint density at radius 3 is 2.27 bits per heavy atom. The van der Waals surface area contributed by atoms with Crippen molar-refractivity contribution >= 4 is 26.6 Å². The van der Waals surface area contributed by atoms with Gasteiger partial charge in [0.05, 0.1) is 11.2 Å². The molecular weight excluding hydrogens is 296 g/mol. The fraction of sp³-hybridized carbons (Fsp3) is 0.118. The van der Waals surface area contributed by atoms with Gasteiger partial charge in [0.15, 0.2) is 0 Å². The van der Waals surface area contributed by atoms with Crippen LogP contribution in [0.3, 0.4) is 0 Å². The summed E-state index contributed by atoms with van der Waals surface area (Å²) < 4.78 is 28.2. The first-order chi connectivity index (χ1) is 10.5. The van der Waals surface area contributed by atoms with E-state index in [9.17, 15) is 8.42 Å². The van der Waals surface area contributed by atoms with Gasteiger partial charge in [-0.1, -0.05) is 36.4 Å². The van der Waals surface area contributed by atoms with Gasteiger partial charge in [0.25, 0.3) is 10.0 Å². The number of benzene rings is 2. The van der Waals surface area contributed by atoms with Crippen molar-refractivity contribution in [2.24, 2.45) is 0 Å². The Morgan fingerprint density at radius 2 is 1.55 bits per heavy atom. The van der Waals surface area contributed by atoms with Crippen molar-refractivity contribution in [2.45, 2.75) is 18.7 Å². The molecule has 0 aliphatic heterocycles. The predicted molar refractivity (Wildman–Crippen MR) is 88.5 cm³/mol. The minimum atomic E-state index is -3.70. The summed E-state index contributed by atoms with van der Waals surface area (Å²) in [7, 11) is -3.70. The molecule has 3 aromatic rings. The van der Waals surface area contributed by atoms with Crippen LogP contribution in [-0.2, 0) is 10.0 Å². The molecule has 1 aromatic heterocycles. The molecule has 0 bridgehead atoms. The third-order valence-corrected chi connectivity index (χ3v) is 4.98. The number of fused-ring (bicyclic) bond motifs is 1. The molecule has 5 heteroatoms. The third-order valence-electron chi connectivity index (χ3n) is 3.60. The average Bonchev–Trinajstić information content (AvgIpc) is 2.50. The Labute approximate surface area is 129 Å². The monoisotopic (exact) mass is 312 g/mol. The number of rotatable bonds is 3. The van der Waals surface area contributed by atoms with E-state index in [0.717, 1.165) is 16.5 Å². The molecule has 0 amide bonds. The SMILES string of the molecule is Cc1cccc(C)c1NS(=O)(=O)c1cccc2cccnc12. The van der Waals surface area contributed by atoms with Crippen molar-refractivity contribution in [3.05, 3.63) is 65.9 Å². The van der Waals surface area contributed by atoms with Gasteiger partial charge in [-0.15, -0.1) is 0 Å². The van der Waals surface area contributed by atoms with Crippen molar-refractivity contribution in [2.75, 3.05) is 4.72 Å². The summed E-state index contributed by atoms with van der Waals surface area (Å²) in [6.45, 7) is 3.76. The van der Waals surface area contributed by atoms with Crippen LogP contribution in [0.15, 0.2) is 59.6 Å². The number of hydrogen-bond acceptors (Lipinski definition) is 3. The summed E-state index contributed by atoms with van der Waals surface area (Å²) >= 11 is 0. The highest BCUT2D eigenvalue weighted by Gasteiger charge is 2.19. The van der Waals surface area contributed by atoms with Gasteiger partial charge in [-0.25, -0.2) is 8.42 Å². The maximum Gasteiger partial charge on any atom is 0.264 e. The molecule has 22 heavy (non-hydrogen) atoms. The van der Waals surface area contributed by atoms with Crippen molar-refractivity contribution in [1.82, 2.24) is 4.98 Å². The van der Waals surface area contributed by atoms with Gasteiger partial charge < -0.3 is 0 Å². The van der Waals surface area contributed by atoms with Gasteiger partial charge >= 0.3 is 0 Å². The van der Waals surface area contributed by atoms with Crippen LogP contribution in [-0.4, -0.2) is 13.4 Å². The predicted octanol–water partition coefficient (Wildman–Crippen LogP) is 3.65. The molecule has 0 aliphatic rings. The fourth-order valence-electron chi connectivity index (χ4n) is 2.46. The second-order valence-electron chi connectivity index (χ2n) is 5.20. The highest BCUT2D eigenvalue weighted by molar-refractivity contribution is 7.93. The molecule has 2 aromatic carbocycles. The molecule has 0 unspecified atom stereocenters. The number of hydrogen-bond donors (Lipinski definition) is 1.